The van der Waals surface area contributed by atoms with Gasteiger partial charge in [-0.3, -0.25) is 4.79 Å². The van der Waals surface area contributed by atoms with Gasteiger partial charge in [0.25, 0.3) is 0 Å². The van der Waals surface area contributed by atoms with Crippen LogP contribution in [0.25, 0.3) is 0 Å². The summed E-state index contributed by atoms with van der Waals surface area (Å²) in [6.07, 6.45) is 3.74. The van der Waals surface area contributed by atoms with Crippen molar-refractivity contribution in [2.24, 2.45) is 5.92 Å². The highest BCUT2D eigenvalue weighted by Crippen LogP contribution is 2.38. The molecule has 0 aromatic carbocycles. The van der Waals surface area contributed by atoms with Gasteiger partial charge in [0.05, 0.1) is 6.26 Å². The number of thioether (sulfide) groups is 1. The van der Waals surface area contributed by atoms with Crippen molar-refractivity contribution in [1.82, 2.24) is 9.21 Å². The molecule has 2 unspecified atom stereocenters. The first-order valence-electron chi connectivity index (χ1n) is 6.82. The lowest BCUT2D eigenvalue weighted by Gasteiger charge is -2.34. The third kappa shape index (κ3) is 2.64. The minimum atomic E-state index is -3.10. The van der Waals surface area contributed by atoms with Crippen LogP contribution in [-0.4, -0.2) is 66.5 Å². The van der Waals surface area contributed by atoms with E-state index in [0.29, 0.717) is 37.2 Å². The quantitative estimate of drug-likeness (QED) is 0.740. The number of piperidine rings is 1. The molecular weight excluding hydrogens is 284 g/mol. The standard InChI is InChI=1S/C12H20N2O3S2/c1-19(16,17)13-4-2-9(3-5-13)12(15)14-7-11-6-10(14)8-18-11/h9-11H,2-8H2,1H3. The van der Waals surface area contributed by atoms with Crippen LogP contribution in [0.5, 0.6) is 0 Å². The van der Waals surface area contributed by atoms with Gasteiger partial charge in [0, 0.05) is 42.6 Å². The number of likely N-dealkylation sites (tertiary alicyclic amines) is 1. The van der Waals surface area contributed by atoms with Gasteiger partial charge in [-0.2, -0.15) is 11.8 Å². The molecule has 3 heterocycles. The summed E-state index contributed by atoms with van der Waals surface area (Å²) in [5, 5.41) is 0.644. The van der Waals surface area contributed by atoms with Crippen molar-refractivity contribution in [2.75, 3.05) is 31.6 Å². The van der Waals surface area contributed by atoms with E-state index in [2.05, 4.69) is 4.90 Å². The molecule has 5 nitrogen and oxygen atoms in total. The molecule has 0 radical (unpaired) electrons. The topological polar surface area (TPSA) is 57.7 Å². The zero-order valence-electron chi connectivity index (χ0n) is 11.1. The number of hydrogen-bond acceptors (Lipinski definition) is 4. The number of carbonyl (C=O) groups is 1. The number of amides is 1. The molecule has 3 rings (SSSR count). The van der Waals surface area contributed by atoms with E-state index in [-0.39, 0.29) is 11.8 Å². The van der Waals surface area contributed by atoms with E-state index in [9.17, 15) is 13.2 Å². The molecule has 0 aromatic rings. The summed E-state index contributed by atoms with van der Waals surface area (Å²) in [7, 11) is -3.10. The SMILES string of the molecule is CS(=O)(=O)N1CCC(C(=O)N2CC3CC2CS3)CC1. The third-order valence-electron chi connectivity index (χ3n) is 4.46. The van der Waals surface area contributed by atoms with Crippen molar-refractivity contribution in [3.05, 3.63) is 0 Å². The maximum Gasteiger partial charge on any atom is 0.226 e. The fourth-order valence-electron chi connectivity index (χ4n) is 3.34. The molecule has 0 aliphatic carbocycles. The number of sulfonamides is 1. The summed E-state index contributed by atoms with van der Waals surface area (Å²) in [5.74, 6) is 1.38. The van der Waals surface area contributed by atoms with Crippen LogP contribution in [0.2, 0.25) is 0 Å². The van der Waals surface area contributed by atoms with Gasteiger partial charge in [0.15, 0.2) is 0 Å². The Bertz CT molecular complexity index is 471. The van der Waals surface area contributed by atoms with Crippen LogP contribution in [0.1, 0.15) is 19.3 Å². The van der Waals surface area contributed by atoms with Crippen molar-refractivity contribution in [1.29, 1.82) is 0 Å². The average Bonchev–Trinajstić information content (AvgIpc) is 2.99. The van der Waals surface area contributed by atoms with Crippen molar-refractivity contribution in [3.63, 3.8) is 0 Å². The minimum absolute atomic E-state index is 0.0300. The second kappa shape index (κ2) is 4.93. The number of fused-ring (bicyclic) bond motifs is 2. The molecule has 3 aliphatic heterocycles. The van der Waals surface area contributed by atoms with E-state index in [0.717, 1.165) is 18.7 Å². The Hall–Kier alpha value is -0.270. The second-order valence-corrected chi connectivity index (χ2v) is 9.09. The molecule has 0 spiro atoms. The fraction of sp³-hybridized carbons (Fsp3) is 0.917. The maximum atomic E-state index is 12.5. The first-order valence-corrected chi connectivity index (χ1v) is 9.72. The van der Waals surface area contributed by atoms with Gasteiger partial charge in [-0.05, 0) is 19.3 Å². The van der Waals surface area contributed by atoms with Crippen LogP contribution >= 0.6 is 11.8 Å². The zero-order valence-corrected chi connectivity index (χ0v) is 12.8. The molecule has 0 aromatic heterocycles. The minimum Gasteiger partial charge on any atom is -0.337 e. The number of hydrogen-bond donors (Lipinski definition) is 0. The van der Waals surface area contributed by atoms with Crippen LogP contribution in [0.4, 0.5) is 0 Å². The molecule has 19 heavy (non-hydrogen) atoms. The number of carbonyl (C=O) groups excluding carboxylic acids is 1. The largest absolute Gasteiger partial charge is 0.337 e. The highest BCUT2D eigenvalue weighted by molar-refractivity contribution is 8.00. The highest BCUT2D eigenvalue weighted by Gasteiger charge is 2.43. The van der Waals surface area contributed by atoms with Gasteiger partial charge in [0.1, 0.15) is 0 Å². The molecule has 3 fully saturated rings. The maximum absolute atomic E-state index is 12.5. The van der Waals surface area contributed by atoms with Gasteiger partial charge in [-0.25, -0.2) is 12.7 Å². The van der Waals surface area contributed by atoms with Crippen molar-refractivity contribution >= 4 is 27.7 Å². The zero-order chi connectivity index (χ0) is 13.6. The molecule has 2 bridgehead atoms. The Morgan fingerprint density at radius 3 is 2.42 bits per heavy atom. The molecule has 3 saturated heterocycles. The lowest BCUT2D eigenvalue weighted by Crippen LogP contribution is -2.47. The fourth-order valence-corrected chi connectivity index (χ4v) is 5.65. The van der Waals surface area contributed by atoms with Gasteiger partial charge >= 0.3 is 0 Å². The normalized spacial score (nSPS) is 33.0. The van der Waals surface area contributed by atoms with Gasteiger partial charge < -0.3 is 4.90 Å². The van der Waals surface area contributed by atoms with Crippen LogP contribution in [0.3, 0.4) is 0 Å². The monoisotopic (exact) mass is 304 g/mol. The molecule has 1 amide bonds. The summed E-state index contributed by atoms with van der Waals surface area (Å²) < 4.78 is 24.4. The molecule has 3 aliphatic rings. The van der Waals surface area contributed by atoms with Gasteiger partial charge in [0.2, 0.25) is 15.9 Å². The Kier molecular flexibility index (Phi) is 3.55. The number of nitrogens with zero attached hydrogens (tertiary/aromatic N) is 2. The summed E-state index contributed by atoms with van der Waals surface area (Å²) >= 11 is 1.98. The lowest BCUT2D eigenvalue weighted by molar-refractivity contribution is -0.137. The highest BCUT2D eigenvalue weighted by atomic mass is 32.2. The molecule has 0 N–H and O–H groups in total. The summed E-state index contributed by atoms with van der Waals surface area (Å²) in [6, 6.07) is 0.440. The van der Waals surface area contributed by atoms with Crippen LogP contribution in [-0.2, 0) is 14.8 Å². The average molecular weight is 304 g/mol. The Morgan fingerprint density at radius 2 is 1.95 bits per heavy atom. The van der Waals surface area contributed by atoms with Gasteiger partial charge in [-0.1, -0.05) is 0 Å². The first-order chi connectivity index (χ1) is 8.95. The van der Waals surface area contributed by atoms with Crippen molar-refractivity contribution in [2.45, 2.75) is 30.6 Å². The smallest absolute Gasteiger partial charge is 0.226 e. The van der Waals surface area contributed by atoms with E-state index in [1.807, 2.05) is 11.8 Å². The molecule has 7 heteroatoms. The third-order valence-corrected chi connectivity index (χ3v) is 7.15. The lowest BCUT2D eigenvalue weighted by atomic mass is 9.96. The van der Waals surface area contributed by atoms with E-state index in [1.165, 1.54) is 10.6 Å². The van der Waals surface area contributed by atoms with Crippen LogP contribution in [0.15, 0.2) is 0 Å². The van der Waals surface area contributed by atoms with E-state index < -0.39 is 10.0 Å². The van der Waals surface area contributed by atoms with Gasteiger partial charge in [-0.15, -0.1) is 0 Å². The van der Waals surface area contributed by atoms with Crippen LogP contribution in [0, 0.1) is 5.92 Å². The predicted octanol–water partition coefficient (Wildman–Crippen LogP) is 0.374. The van der Waals surface area contributed by atoms with Crippen LogP contribution < -0.4 is 0 Å². The first kappa shape index (κ1) is 13.7. The van der Waals surface area contributed by atoms with E-state index in [4.69, 9.17) is 0 Å². The molecular formula is C12H20N2O3S2. The van der Waals surface area contributed by atoms with Crippen molar-refractivity contribution in [3.8, 4) is 0 Å². The number of rotatable bonds is 2. The Labute approximate surface area is 118 Å². The summed E-state index contributed by atoms with van der Waals surface area (Å²) in [6.45, 7) is 1.89. The Morgan fingerprint density at radius 1 is 1.26 bits per heavy atom. The predicted molar refractivity (Wildman–Crippen MR) is 75.5 cm³/mol. The summed E-state index contributed by atoms with van der Waals surface area (Å²) in [5.41, 5.74) is 0. The van der Waals surface area contributed by atoms with E-state index in [1.54, 1.807) is 0 Å². The molecule has 108 valence electrons. The van der Waals surface area contributed by atoms with Crippen molar-refractivity contribution < 1.29 is 13.2 Å². The summed E-state index contributed by atoms with van der Waals surface area (Å²) in [4.78, 5) is 14.6. The Balaban J connectivity index is 1.58. The second-order valence-electron chi connectivity index (χ2n) is 5.77. The molecule has 2 atom stereocenters. The molecule has 0 saturated carbocycles. The van der Waals surface area contributed by atoms with E-state index >= 15 is 0 Å².